The van der Waals surface area contributed by atoms with E-state index in [4.69, 9.17) is 9.15 Å². The highest BCUT2D eigenvalue weighted by atomic mass is 16.5. The first-order valence-electron chi connectivity index (χ1n) is 9.69. The van der Waals surface area contributed by atoms with Crippen LogP contribution in [0, 0.1) is 0 Å². The van der Waals surface area contributed by atoms with Crippen LogP contribution in [0.2, 0.25) is 0 Å². The summed E-state index contributed by atoms with van der Waals surface area (Å²) in [5, 5.41) is 2.82. The Balaban J connectivity index is 1.74. The Bertz CT molecular complexity index is 888. The van der Waals surface area contributed by atoms with Gasteiger partial charge < -0.3 is 19.4 Å². The molecular weight excluding hydrogens is 372 g/mol. The van der Waals surface area contributed by atoms with Crippen LogP contribution >= 0.6 is 0 Å². The summed E-state index contributed by atoms with van der Waals surface area (Å²) in [5.41, 5.74) is 1.57. The van der Waals surface area contributed by atoms with Crippen LogP contribution in [0.1, 0.15) is 48.9 Å². The van der Waals surface area contributed by atoms with Crippen molar-refractivity contribution in [3.05, 3.63) is 59.5 Å². The minimum Gasteiger partial charge on any atom is -0.459 e. The second-order valence-corrected chi connectivity index (χ2v) is 7.79. The van der Waals surface area contributed by atoms with Crippen LogP contribution in [0.25, 0.3) is 0 Å². The van der Waals surface area contributed by atoms with Gasteiger partial charge >= 0.3 is 5.97 Å². The summed E-state index contributed by atoms with van der Waals surface area (Å²) >= 11 is 0. The molecule has 0 aliphatic carbocycles. The maximum Gasteiger partial charge on any atom is 0.329 e. The van der Waals surface area contributed by atoms with Crippen molar-refractivity contribution in [3.8, 4) is 0 Å². The van der Waals surface area contributed by atoms with Gasteiger partial charge in [-0.05, 0) is 43.5 Å². The Morgan fingerprint density at radius 2 is 1.90 bits per heavy atom. The van der Waals surface area contributed by atoms with Crippen molar-refractivity contribution >= 4 is 17.8 Å². The van der Waals surface area contributed by atoms with Crippen LogP contribution in [-0.2, 0) is 27.3 Å². The molecule has 7 heteroatoms. The van der Waals surface area contributed by atoms with Gasteiger partial charge in [-0.2, -0.15) is 0 Å². The smallest absolute Gasteiger partial charge is 0.329 e. The van der Waals surface area contributed by atoms with Crippen LogP contribution < -0.4 is 5.32 Å². The van der Waals surface area contributed by atoms with Gasteiger partial charge in [0.25, 0.3) is 11.8 Å². The minimum atomic E-state index is -0.825. The lowest BCUT2D eigenvalue weighted by Gasteiger charge is -2.35. The van der Waals surface area contributed by atoms with Crippen molar-refractivity contribution in [1.29, 1.82) is 0 Å². The molecule has 29 heavy (non-hydrogen) atoms. The summed E-state index contributed by atoms with van der Waals surface area (Å²) in [7, 11) is 0. The van der Waals surface area contributed by atoms with Crippen LogP contribution in [0.4, 0.5) is 0 Å². The van der Waals surface area contributed by atoms with E-state index in [0.29, 0.717) is 6.42 Å². The molecule has 1 atom stereocenters. The standard InChI is InChI=1S/C22H26N2O5/c1-4-22(2,3)23-19(25)14-29-21(27)17-12-15-8-5-6-9-16(15)13-24(17)20(26)18-10-7-11-28-18/h5-11,17H,4,12-14H2,1-3H3,(H,23,25)/t17-/m0/s1. The van der Waals surface area contributed by atoms with E-state index in [1.807, 2.05) is 45.0 Å². The molecule has 0 unspecified atom stereocenters. The largest absolute Gasteiger partial charge is 0.459 e. The second-order valence-electron chi connectivity index (χ2n) is 7.79. The molecule has 2 aromatic rings. The molecule has 2 amide bonds. The summed E-state index contributed by atoms with van der Waals surface area (Å²) in [6.45, 7) is 5.64. The van der Waals surface area contributed by atoms with E-state index < -0.39 is 12.0 Å². The Kier molecular flexibility index (Phi) is 6.06. The molecule has 1 N–H and O–H groups in total. The third-order valence-corrected chi connectivity index (χ3v) is 5.22. The second kappa shape index (κ2) is 8.51. The third-order valence-electron chi connectivity index (χ3n) is 5.22. The van der Waals surface area contributed by atoms with Gasteiger partial charge in [0, 0.05) is 18.5 Å². The molecule has 0 radical (unpaired) electrons. The molecule has 0 bridgehead atoms. The van der Waals surface area contributed by atoms with E-state index in [0.717, 1.165) is 17.5 Å². The van der Waals surface area contributed by atoms with E-state index in [-0.39, 0.29) is 36.3 Å². The van der Waals surface area contributed by atoms with E-state index in [1.165, 1.54) is 11.2 Å². The van der Waals surface area contributed by atoms with Crippen molar-refractivity contribution in [3.63, 3.8) is 0 Å². The fourth-order valence-electron chi connectivity index (χ4n) is 3.22. The molecule has 3 rings (SSSR count). The van der Waals surface area contributed by atoms with Gasteiger partial charge in [-0.1, -0.05) is 31.2 Å². The maximum atomic E-state index is 12.9. The number of carbonyl (C=O) groups excluding carboxylic acids is 3. The molecule has 0 saturated heterocycles. The SMILES string of the molecule is CCC(C)(C)NC(=O)COC(=O)[C@@H]1Cc2ccccc2CN1C(=O)c1ccco1. The third kappa shape index (κ3) is 4.85. The summed E-state index contributed by atoms with van der Waals surface area (Å²) in [6, 6.07) is 10.0. The highest BCUT2D eigenvalue weighted by Crippen LogP contribution is 2.26. The molecule has 0 spiro atoms. The predicted octanol–water partition coefficient (Wildman–Crippen LogP) is 2.69. The molecule has 154 valence electrons. The van der Waals surface area contributed by atoms with E-state index in [2.05, 4.69) is 5.32 Å². The van der Waals surface area contributed by atoms with Gasteiger partial charge in [0.05, 0.1) is 6.26 Å². The van der Waals surface area contributed by atoms with Gasteiger partial charge in [0.15, 0.2) is 12.4 Å². The quantitative estimate of drug-likeness (QED) is 0.756. The molecule has 0 saturated carbocycles. The maximum absolute atomic E-state index is 12.9. The molecule has 1 aromatic heterocycles. The fraction of sp³-hybridized carbons (Fsp3) is 0.409. The average Bonchev–Trinajstić information content (AvgIpc) is 3.25. The van der Waals surface area contributed by atoms with Crippen molar-refractivity contribution in [1.82, 2.24) is 10.2 Å². The fourth-order valence-corrected chi connectivity index (χ4v) is 3.22. The number of amides is 2. The first-order chi connectivity index (χ1) is 13.8. The number of nitrogens with one attached hydrogen (secondary N) is 1. The topological polar surface area (TPSA) is 88.9 Å². The van der Waals surface area contributed by atoms with Crippen LogP contribution in [0.15, 0.2) is 47.1 Å². The van der Waals surface area contributed by atoms with Crippen molar-refractivity contribution in [2.75, 3.05) is 6.61 Å². The first-order valence-corrected chi connectivity index (χ1v) is 9.69. The molecule has 0 fully saturated rings. The van der Waals surface area contributed by atoms with Gasteiger partial charge in [-0.3, -0.25) is 9.59 Å². The Labute approximate surface area is 170 Å². The number of furan rings is 1. The van der Waals surface area contributed by atoms with Crippen LogP contribution in [-0.4, -0.2) is 40.9 Å². The number of esters is 1. The highest BCUT2D eigenvalue weighted by Gasteiger charge is 2.37. The zero-order chi connectivity index (χ0) is 21.0. The Morgan fingerprint density at radius 1 is 1.17 bits per heavy atom. The summed E-state index contributed by atoms with van der Waals surface area (Å²) in [5.74, 6) is -1.21. The summed E-state index contributed by atoms with van der Waals surface area (Å²) < 4.78 is 10.5. The highest BCUT2D eigenvalue weighted by molar-refractivity contribution is 5.95. The Morgan fingerprint density at radius 3 is 2.55 bits per heavy atom. The van der Waals surface area contributed by atoms with Gasteiger partial charge in [0.1, 0.15) is 6.04 Å². The Hall–Kier alpha value is -3.09. The number of ether oxygens (including phenoxy) is 1. The van der Waals surface area contributed by atoms with E-state index in [9.17, 15) is 14.4 Å². The lowest BCUT2D eigenvalue weighted by Crippen LogP contribution is -2.50. The average molecular weight is 398 g/mol. The number of benzene rings is 1. The van der Waals surface area contributed by atoms with Gasteiger partial charge in [0.2, 0.25) is 0 Å². The lowest BCUT2D eigenvalue weighted by atomic mass is 9.93. The first kappa shape index (κ1) is 20.6. The van der Waals surface area contributed by atoms with E-state index in [1.54, 1.807) is 12.1 Å². The number of rotatable bonds is 6. The van der Waals surface area contributed by atoms with Crippen LogP contribution in [0.3, 0.4) is 0 Å². The molecule has 1 aliphatic heterocycles. The molecule has 1 aromatic carbocycles. The number of hydrogen-bond acceptors (Lipinski definition) is 5. The molecular formula is C22H26N2O5. The predicted molar refractivity (Wildman–Crippen MR) is 106 cm³/mol. The lowest BCUT2D eigenvalue weighted by molar-refractivity contribution is -0.154. The number of carbonyl (C=O) groups is 3. The number of nitrogens with zero attached hydrogens (tertiary/aromatic N) is 1. The van der Waals surface area contributed by atoms with Crippen molar-refractivity contribution in [2.24, 2.45) is 0 Å². The molecule has 7 nitrogen and oxygen atoms in total. The van der Waals surface area contributed by atoms with Crippen molar-refractivity contribution < 1.29 is 23.5 Å². The number of fused-ring (bicyclic) bond motifs is 1. The monoisotopic (exact) mass is 398 g/mol. The molecule has 1 aliphatic rings. The van der Waals surface area contributed by atoms with Crippen LogP contribution in [0.5, 0.6) is 0 Å². The normalized spacial score (nSPS) is 16.1. The number of hydrogen-bond donors (Lipinski definition) is 1. The summed E-state index contributed by atoms with van der Waals surface area (Å²) in [4.78, 5) is 39.3. The zero-order valence-electron chi connectivity index (χ0n) is 16.9. The van der Waals surface area contributed by atoms with Gasteiger partial charge in [-0.15, -0.1) is 0 Å². The van der Waals surface area contributed by atoms with Crippen molar-refractivity contribution in [2.45, 2.75) is 51.7 Å². The minimum absolute atomic E-state index is 0.157. The zero-order valence-corrected chi connectivity index (χ0v) is 16.9. The molecule has 2 heterocycles. The van der Waals surface area contributed by atoms with Gasteiger partial charge in [-0.25, -0.2) is 4.79 Å². The summed E-state index contributed by atoms with van der Waals surface area (Å²) in [6.07, 6.45) is 2.49. The van der Waals surface area contributed by atoms with E-state index >= 15 is 0 Å².